The maximum Gasteiger partial charge on any atom is 0.320 e. The number of guanidine groups is 1. The molecular formula is C21H35ClN6O7. The Morgan fingerprint density at radius 2 is 1.69 bits per heavy atom. The van der Waals surface area contributed by atoms with Crippen LogP contribution in [0, 0.1) is 5.41 Å². The van der Waals surface area contributed by atoms with Gasteiger partial charge < -0.3 is 43.2 Å². The van der Waals surface area contributed by atoms with E-state index in [1.54, 1.807) is 0 Å². The van der Waals surface area contributed by atoms with Crippen LogP contribution in [0.5, 0.6) is 0 Å². The first kappa shape index (κ1) is 33.9. The zero-order chi connectivity index (χ0) is 27.2. The van der Waals surface area contributed by atoms with Crippen molar-refractivity contribution < 1.29 is 34.5 Å². The summed E-state index contributed by atoms with van der Waals surface area (Å²) in [6.45, 7) is 1.34. The van der Waals surface area contributed by atoms with Gasteiger partial charge in [0.05, 0.1) is 0 Å². The average molecular weight is 519 g/mol. The summed E-state index contributed by atoms with van der Waals surface area (Å²) in [5, 5.41) is 37.4. The molecular weight excluding hydrogens is 484 g/mol. The molecule has 0 aliphatic carbocycles. The van der Waals surface area contributed by atoms with Crippen molar-refractivity contribution in [3.63, 3.8) is 0 Å². The highest BCUT2D eigenvalue weighted by molar-refractivity contribution is 6.54. The van der Waals surface area contributed by atoms with E-state index in [0.29, 0.717) is 25.8 Å². The van der Waals surface area contributed by atoms with Crippen LogP contribution in [0.2, 0.25) is 0 Å². The Morgan fingerprint density at radius 1 is 1.14 bits per heavy atom. The molecule has 0 radical (unpaired) electrons. The van der Waals surface area contributed by atoms with Gasteiger partial charge in [-0.3, -0.25) is 24.6 Å². The Bertz CT molecular complexity index is 764. The molecule has 1 aliphatic rings. The highest BCUT2D eigenvalue weighted by Gasteiger charge is 2.20. The van der Waals surface area contributed by atoms with Crippen LogP contribution in [0.15, 0.2) is 30.3 Å². The molecule has 14 heteroatoms. The first-order valence-corrected chi connectivity index (χ1v) is 11.0. The molecule has 0 spiro atoms. The van der Waals surface area contributed by atoms with Crippen LogP contribution >= 0.6 is 11.6 Å². The first-order valence-electron chi connectivity index (χ1n) is 10.5. The number of nitrogens with one attached hydrogen (secondary N) is 3. The molecule has 1 heterocycles. The lowest BCUT2D eigenvalue weighted by Crippen LogP contribution is -2.34. The van der Waals surface area contributed by atoms with E-state index in [2.05, 4.69) is 22.2 Å². The quantitative estimate of drug-likeness (QED) is 0.0661. The van der Waals surface area contributed by atoms with Crippen molar-refractivity contribution >= 4 is 41.2 Å². The molecule has 1 aromatic carbocycles. The van der Waals surface area contributed by atoms with E-state index in [-0.39, 0.29) is 17.7 Å². The molecule has 2 rings (SSSR count). The van der Waals surface area contributed by atoms with Crippen LogP contribution in [-0.2, 0) is 25.6 Å². The maximum absolute atomic E-state index is 10.4. The fraction of sp³-hybridized carbons (Fsp3) is 0.476. The number of carboxylic acid groups (broad SMARTS) is 3. The summed E-state index contributed by atoms with van der Waals surface area (Å²) in [5.74, 6) is -2.57. The highest BCUT2D eigenvalue weighted by Crippen LogP contribution is 2.03. The molecule has 12 N–H and O–H groups in total. The lowest BCUT2D eigenvalue weighted by atomic mass is 10.1. The maximum atomic E-state index is 10.4. The minimum absolute atomic E-state index is 0.112. The van der Waals surface area contributed by atoms with Crippen LogP contribution in [0.4, 0.5) is 0 Å². The van der Waals surface area contributed by atoms with Crippen molar-refractivity contribution in [3.05, 3.63) is 35.9 Å². The molecule has 198 valence electrons. The lowest BCUT2D eigenvalue weighted by Gasteiger charge is -2.06. The Morgan fingerprint density at radius 3 is 2.06 bits per heavy atom. The van der Waals surface area contributed by atoms with Gasteiger partial charge in [-0.15, -0.1) is 0 Å². The summed E-state index contributed by atoms with van der Waals surface area (Å²) in [5.41, 5.74) is 16.5. The zero-order valence-electron chi connectivity index (χ0n) is 19.2. The highest BCUT2D eigenvalue weighted by atomic mass is 35.5. The largest absolute Gasteiger partial charge is 0.480 e. The fourth-order valence-corrected chi connectivity index (χ4v) is 2.52. The van der Waals surface area contributed by atoms with Gasteiger partial charge >= 0.3 is 17.9 Å². The van der Waals surface area contributed by atoms with Crippen LogP contribution < -0.4 is 27.8 Å². The normalized spacial score (nSPS) is 15.2. The topological polar surface area (TPSA) is 255 Å². The standard InChI is InChI=1S/C9H11NO2.C6H14N4O2.C5H9NO2.CHClO/c10-8(9(11)12)6-7-4-2-1-3-5-7;7-4(5(11)12)2-1-3-10-6(8)9;7-5(8)4-2-1-3-6-4;2-1-3/h1-5,8H,6,10H2,(H,11,12);4H,1-3,7H2,(H,11,12)(H4,8,9,10);4,6H,1-3H2,(H,7,8);1H/t;;4-;/m..0./s1. The molecule has 1 fully saturated rings. The number of rotatable bonds is 9. The average Bonchev–Trinajstić information content (AvgIpc) is 3.34. The fourth-order valence-electron chi connectivity index (χ4n) is 2.52. The van der Waals surface area contributed by atoms with Gasteiger partial charge in [0, 0.05) is 6.54 Å². The molecule has 1 saturated heterocycles. The Hall–Kier alpha value is -3.26. The third-order valence-electron chi connectivity index (χ3n) is 4.30. The smallest absolute Gasteiger partial charge is 0.320 e. The molecule has 0 bridgehead atoms. The van der Waals surface area contributed by atoms with Crippen LogP contribution in [-0.4, -0.2) is 76.1 Å². The molecule has 0 amide bonds. The minimum Gasteiger partial charge on any atom is -0.480 e. The van der Waals surface area contributed by atoms with E-state index in [0.717, 1.165) is 24.9 Å². The summed E-state index contributed by atoms with van der Waals surface area (Å²) in [4.78, 5) is 39.3. The van der Waals surface area contributed by atoms with Gasteiger partial charge in [-0.25, -0.2) is 0 Å². The van der Waals surface area contributed by atoms with Crippen molar-refractivity contribution in [1.29, 1.82) is 5.41 Å². The van der Waals surface area contributed by atoms with Gasteiger partial charge in [0.15, 0.2) is 5.96 Å². The van der Waals surface area contributed by atoms with Crippen molar-refractivity contribution in [2.24, 2.45) is 17.2 Å². The minimum atomic E-state index is -1.00. The number of hydrogen-bond donors (Lipinski definition) is 9. The molecule has 1 aliphatic heterocycles. The van der Waals surface area contributed by atoms with Gasteiger partial charge in [0.1, 0.15) is 18.1 Å². The predicted octanol–water partition coefficient (Wildman–Crippen LogP) is -0.459. The molecule has 13 nitrogen and oxygen atoms in total. The second kappa shape index (κ2) is 21.3. The van der Waals surface area contributed by atoms with E-state index in [9.17, 15) is 14.4 Å². The Kier molecular flexibility index (Phi) is 20.6. The van der Waals surface area contributed by atoms with Crippen molar-refractivity contribution in [1.82, 2.24) is 10.6 Å². The van der Waals surface area contributed by atoms with E-state index < -0.39 is 30.0 Å². The number of hydrogen-bond acceptors (Lipinski definition) is 8. The van der Waals surface area contributed by atoms with E-state index in [4.69, 9.17) is 42.7 Å². The van der Waals surface area contributed by atoms with Crippen molar-refractivity contribution in [3.8, 4) is 0 Å². The Balaban J connectivity index is 0. The molecule has 3 atom stereocenters. The molecule has 1 aromatic rings. The van der Waals surface area contributed by atoms with Crippen molar-refractivity contribution in [2.45, 2.75) is 50.2 Å². The Labute approximate surface area is 208 Å². The van der Waals surface area contributed by atoms with Gasteiger partial charge in [0.2, 0.25) is 5.75 Å². The van der Waals surface area contributed by atoms with E-state index >= 15 is 0 Å². The summed E-state index contributed by atoms with van der Waals surface area (Å²) in [6.07, 6.45) is 3.14. The molecule has 2 unspecified atom stereocenters. The third-order valence-corrected chi connectivity index (χ3v) is 4.30. The third kappa shape index (κ3) is 21.0. The summed E-state index contributed by atoms with van der Waals surface area (Å²) < 4.78 is 0. The molecule has 35 heavy (non-hydrogen) atoms. The SMILES string of the molecule is N=C(N)NCCCC(N)C(=O)O.NC(Cc1ccccc1)C(=O)O.O=C(O)[C@@H]1CCCN1.O=CCl. The number of halogens is 1. The van der Waals surface area contributed by atoms with Crippen LogP contribution in [0.25, 0.3) is 0 Å². The number of carbonyl (C=O) groups excluding carboxylic acids is 1. The van der Waals surface area contributed by atoms with Gasteiger partial charge in [-0.2, -0.15) is 0 Å². The number of benzene rings is 1. The van der Waals surface area contributed by atoms with Gasteiger partial charge in [-0.05, 0) is 55.8 Å². The summed E-state index contributed by atoms with van der Waals surface area (Å²) in [6, 6.07) is 7.45. The van der Waals surface area contributed by atoms with Crippen molar-refractivity contribution in [2.75, 3.05) is 13.1 Å². The number of nitrogens with two attached hydrogens (primary N) is 3. The van der Waals surface area contributed by atoms with Crippen LogP contribution in [0.1, 0.15) is 31.2 Å². The molecule has 0 saturated carbocycles. The lowest BCUT2D eigenvalue weighted by molar-refractivity contribution is -0.139. The first-order chi connectivity index (χ1) is 16.5. The van der Waals surface area contributed by atoms with Crippen LogP contribution in [0.3, 0.4) is 0 Å². The number of carboxylic acids is 3. The summed E-state index contributed by atoms with van der Waals surface area (Å²) in [7, 11) is 0. The second-order valence-corrected chi connectivity index (χ2v) is 7.32. The van der Waals surface area contributed by atoms with Gasteiger partial charge in [-0.1, -0.05) is 30.3 Å². The second-order valence-electron chi connectivity index (χ2n) is 7.14. The summed E-state index contributed by atoms with van der Waals surface area (Å²) >= 11 is 4.32. The molecule has 0 aromatic heterocycles. The van der Waals surface area contributed by atoms with Gasteiger partial charge in [0.25, 0.3) is 0 Å². The number of aliphatic carboxylic acids is 3. The van der Waals surface area contributed by atoms with E-state index in [1.807, 2.05) is 30.3 Å². The number of carbonyl (C=O) groups is 4. The predicted molar refractivity (Wildman–Crippen MR) is 132 cm³/mol. The zero-order valence-corrected chi connectivity index (χ0v) is 20.0. The monoisotopic (exact) mass is 518 g/mol. The van der Waals surface area contributed by atoms with E-state index in [1.165, 1.54) is 0 Å².